The van der Waals surface area contributed by atoms with Crippen molar-refractivity contribution in [3.8, 4) is 0 Å². The summed E-state index contributed by atoms with van der Waals surface area (Å²) in [6.07, 6.45) is 6.82. The van der Waals surface area contributed by atoms with Crippen molar-refractivity contribution in [2.75, 3.05) is 13.7 Å². The molecule has 1 aromatic carbocycles. The summed E-state index contributed by atoms with van der Waals surface area (Å²) in [6, 6.07) is 8.39. The van der Waals surface area contributed by atoms with Crippen LogP contribution in [0.5, 0.6) is 0 Å². The summed E-state index contributed by atoms with van der Waals surface area (Å²) in [5.74, 6) is 0.650. The summed E-state index contributed by atoms with van der Waals surface area (Å²) in [5.41, 5.74) is 1.23. The molecule has 2 nitrogen and oxygen atoms in total. The molecule has 1 aromatic rings. The number of hydrogen-bond acceptors (Lipinski definition) is 2. The van der Waals surface area contributed by atoms with Crippen molar-refractivity contribution in [1.29, 1.82) is 0 Å². The molecule has 0 heterocycles. The Labute approximate surface area is 127 Å². The number of halogens is 1. The van der Waals surface area contributed by atoms with E-state index in [9.17, 15) is 0 Å². The second kappa shape index (κ2) is 8.02. The van der Waals surface area contributed by atoms with Crippen molar-refractivity contribution in [3.05, 3.63) is 34.9 Å². The van der Waals surface area contributed by atoms with Gasteiger partial charge in [0.1, 0.15) is 0 Å². The van der Waals surface area contributed by atoms with Crippen LogP contribution in [0.1, 0.15) is 50.6 Å². The van der Waals surface area contributed by atoms with Crippen molar-refractivity contribution in [1.82, 2.24) is 5.32 Å². The molecule has 0 radical (unpaired) electrons. The average molecular weight is 296 g/mol. The number of likely N-dealkylation sites (N-methyl/N-ethyl adjacent to an activating group) is 1. The molecule has 3 heteroatoms. The first-order chi connectivity index (χ1) is 9.76. The van der Waals surface area contributed by atoms with E-state index < -0.39 is 0 Å². The van der Waals surface area contributed by atoms with Gasteiger partial charge in [-0.1, -0.05) is 49.9 Å². The molecule has 1 saturated carbocycles. The van der Waals surface area contributed by atoms with Crippen LogP contribution in [0.2, 0.25) is 5.02 Å². The zero-order valence-electron chi connectivity index (χ0n) is 12.6. The van der Waals surface area contributed by atoms with Gasteiger partial charge in [0, 0.05) is 12.1 Å². The van der Waals surface area contributed by atoms with E-state index in [1.807, 2.05) is 19.2 Å². The summed E-state index contributed by atoms with van der Waals surface area (Å²) in [4.78, 5) is 0. The van der Waals surface area contributed by atoms with Gasteiger partial charge in [-0.25, -0.2) is 0 Å². The van der Waals surface area contributed by atoms with Crippen LogP contribution in [-0.4, -0.2) is 19.8 Å². The van der Waals surface area contributed by atoms with Crippen LogP contribution in [0.4, 0.5) is 0 Å². The molecule has 0 spiro atoms. The average Bonchev–Trinajstić information content (AvgIpc) is 2.48. The molecule has 1 N–H and O–H groups in total. The molecule has 1 aliphatic carbocycles. The Morgan fingerprint density at radius 2 is 2.05 bits per heavy atom. The molecular formula is C17H26ClNO. The maximum Gasteiger partial charge on any atom is 0.0794 e. The maximum atomic E-state index is 6.15. The van der Waals surface area contributed by atoms with Crippen LogP contribution in [-0.2, 0) is 4.74 Å². The van der Waals surface area contributed by atoms with Crippen LogP contribution < -0.4 is 5.32 Å². The predicted octanol–water partition coefficient (Wildman–Crippen LogP) is 4.59. The quantitative estimate of drug-likeness (QED) is 0.829. The van der Waals surface area contributed by atoms with Gasteiger partial charge in [0.05, 0.1) is 12.1 Å². The number of nitrogens with one attached hydrogen (secondary N) is 1. The molecule has 1 aliphatic rings. The number of hydrogen-bond donors (Lipinski definition) is 1. The smallest absolute Gasteiger partial charge is 0.0794 e. The fourth-order valence-corrected chi connectivity index (χ4v) is 3.61. The molecular weight excluding hydrogens is 270 g/mol. The third-order valence-corrected chi connectivity index (χ3v) is 4.58. The molecule has 0 aromatic heterocycles. The van der Waals surface area contributed by atoms with E-state index in [4.69, 9.17) is 16.3 Å². The minimum atomic E-state index is 0.229. The van der Waals surface area contributed by atoms with Gasteiger partial charge in [0.15, 0.2) is 0 Å². The molecule has 112 valence electrons. The van der Waals surface area contributed by atoms with Crippen LogP contribution in [0.3, 0.4) is 0 Å². The second-order valence-electron chi connectivity index (χ2n) is 5.69. The van der Waals surface area contributed by atoms with Gasteiger partial charge in [-0.05, 0) is 43.0 Å². The Balaban J connectivity index is 2.20. The SMILES string of the molecule is CCNC(c1cccc(Cl)c1)C(OC)C1CCCCC1. The van der Waals surface area contributed by atoms with Crippen molar-refractivity contribution >= 4 is 11.6 Å². The van der Waals surface area contributed by atoms with Crippen LogP contribution in [0.15, 0.2) is 24.3 Å². The third-order valence-electron chi connectivity index (χ3n) is 4.35. The van der Waals surface area contributed by atoms with Gasteiger partial charge in [0.2, 0.25) is 0 Å². The first-order valence-electron chi connectivity index (χ1n) is 7.78. The van der Waals surface area contributed by atoms with Gasteiger partial charge in [0.25, 0.3) is 0 Å². The van der Waals surface area contributed by atoms with Gasteiger partial charge in [-0.15, -0.1) is 0 Å². The standard InChI is InChI=1S/C17H26ClNO/c1-3-19-16(14-10-7-11-15(18)12-14)17(20-2)13-8-5-4-6-9-13/h7,10-13,16-17,19H,3-6,8-9H2,1-2H3. The van der Waals surface area contributed by atoms with E-state index in [0.717, 1.165) is 11.6 Å². The predicted molar refractivity (Wildman–Crippen MR) is 85.2 cm³/mol. The molecule has 0 amide bonds. The fraction of sp³-hybridized carbons (Fsp3) is 0.647. The molecule has 0 aliphatic heterocycles. The van der Waals surface area contributed by atoms with Gasteiger partial charge in [-0.2, -0.15) is 0 Å². The Morgan fingerprint density at radius 1 is 1.30 bits per heavy atom. The Kier molecular flexibility index (Phi) is 6.34. The van der Waals surface area contributed by atoms with Crippen LogP contribution in [0, 0.1) is 5.92 Å². The van der Waals surface area contributed by atoms with Crippen LogP contribution in [0.25, 0.3) is 0 Å². The lowest BCUT2D eigenvalue weighted by atomic mass is 9.81. The van der Waals surface area contributed by atoms with E-state index in [2.05, 4.69) is 24.4 Å². The second-order valence-corrected chi connectivity index (χ2v) is 6.13. The number of benzene rings is 1. The summed E-state index contributed by atoms with van der Waals surface area (Å²) in [6.45, 7) is 3.08. The van der Waals surface area contributed by atoms with Crippen molar-refractivity contribution in [2.45, 2.75) is 51.2 Å². The minimum absolute atomic E-state index is 0.229. The topological polar surface area (TPSA) is 21.3 Å². The summed E-state index contributed by atoms with van der Waals surface area (Å²) in [5, 5.41) is 4.39. The summed E-state index contributed by atoms with van der Waals surface area (Å²) in [7, 11) is 1.84. The first-order valence-corrected chi connectivity index (χ1v) is 8.15. The van der Waals surface area contributed by atoms with E-state index >= 15 is 0 Å². The van der Waals surface area contributed by atoms with Crippen LogP contribution >= 0.6 is 11.6 Å². The van der Waals surface area contributed by atoms with Gasteiger partial charge >= 0.3 is 0 Å². The molecule has 1 fully saturated rings. The number of methoxy groups -OCH3 is 1. The Hall–Kier alpha value is -0.570. The lowest BCUT2D eigenvalue weighted by molar-refractivity contribution is 0.00792. The van der Waals surface area contributed by atoms with Gasteiger partial charge < -0.3 is 10.1 Å². The zero-order chi connectivity index (χ0) is 14.4. The molecule has 2 unspecified atom stereocenters. The molecule has 2 atom stereocenters. The number of ether oxygens (including phenoxy) is 1. The highest BCUT2D eigenvalue weighted by molar-refractivity contribution is 6.30. The highest BCUT2D eigenvalue weighted by Crippen LogP contribution is 2.34. The summed E-state index contributed by atoms with van der Waals surface area (Å²) >= 11 is 6.15. The molecule has 0 bridgehead atoms. The van der Waals surface area contributed by atoms with Crippen molar-refractivity contribution in [2.24, 2.45) is 5.92 Å². The van der Waals surface area contributed by atoms with E-state index in [0.29, 0.717) is 5.92 Å². The van der Waals surface area contributed by atoms with E-state index in [1.54, 1.807) is 0 Å². The Bertz CT molecular complexity index is 404. The fourth-order valence-electron chi connectivity index (χ4n) is 3.41. The maximum absolute atomic E-state index is 6.15. The normalized spacial score (nSPS) is 19.8. The largest absolute Gasteiger partial charge is 0.379 e. The minimum Gasteiger partial charge on any atom is -0.379 e. The monoisotopic (exact) mass is 295 g/mol. The van der Waals surface area contributed by atoms with E-state index in [-0.39, 0.29) is 12.1 Å². The number of rotatable bonds is 6. The highest BCUT2D eigenvalue weighted by atomic mass is 35.5. The molecule has 20 heavy (non-hydrogen) atoms. The van der Waals surface area contributed by atoms with E-state index in [1.165, 1.54) is 37.7 Å². The first kappa shape index (κ1) is 15.8. The lowest BCUT2D eigenvalue weighted by Crippen LogP contribution is -2.39. The van der Waals surface area contributed by atoms with Crippen molar-refractivity contribution < 1.29 is 4.74 Å². The molecule has 0 saturated heterocycles. The Morgan fingerprint density at radius 3 is 2.65 bits per heavy atom. The third kappa shape index (κ3) is 3.97. The summed E-state index contributed by atoms with van der Waals surface area (Å²) < 4.78 is 5.89. The lowest BCUT2D eigenvalue weighted by Gasteiger charge is -2.35. The highest BCUT2D eigenvalue weighted by Gasteiger charge is 2.31. The molecule has 2 rings (SSSR count). The van der Waals surface area contributed by atoms with Gasteiger partial charge in [-0.3, -0.25) is 0 Å². The zero-order valence-corrected chi connectivity index (χ0v) is 13.3. The van der Waals surface area contributed by atoms with Crippen molar-refractivity contribution in [3.63, 3.8) is 0 Å².